The van der Waals surface area contributed by atoms with Crippen molar-refractivity contribution >= 4 is 0 Å². The van der Waals surface area contributed by atoms with E-state index in [9.17, 15) is 0 Å². The van der Waals surface area contributed by atoms with Gasteiger partial charge in [0.25, 0.3) is 0 Å². The molecule has 1 aromatic rings. The molecule has 0 amide bonds. The predicted octanol–water partition coefficient (Wildman–Crippen LogP) is 0.671. The van der Waals surface area contributed by atoms with Crippen molar-refractivity contribution in [3.05, 3.63) is 29.6 Å². The van der Waals surface area contributed by atoms with Crippen molar-refractivity contribution in [1.82, 2.24) is 4.98 Å². The molecule has 1 aliphatic rings. The van der Waals surface area contributed by atoms with Crippen LogP contribution in [0.4, 0.5) is 0 Å². The molecule has 1 aliphatic carbocycles. The molecule has 1 atom stereocenters. The van der Waals surface area contributed by atoms with Gasteiger partial charge in [-0.05, 0) is 11.6 Å². The summed E-state index contributed by atoms with van der Waals surface area (Å²) < 4.78 is 0. The lowest BCUT2D eigenvalue weighted by Gasteiger charge is -2.23. The molecule has 0 bridgehead atoms. The van der Waals surface area contributed by atoms with Crippen molar-refractivity contribution in [2.24, 2.45) is 0 Å². The third-order valence-electron chi connectivity index (χ3n) is 1.72. The highest BCUT2D eigenvalue weighted by atomic mass is 16.3. The number of aliphatic hydroxyl groups excluding tert-OH is 1. The van der Waals surface area contributed by atoms with Crippen LogP contribution in [0.1, 0.15) is 17.2 Å². The third kappa shape index (κ3) is 0.566. The van der Waals surface area contributed by atoms with Crippen molar-refractivity contribution < 1.29 is 5.11 Å². The van der Waals surface area contributed by atoms with E-state index in [4.69, 9.17) is 5.11 Å². The van der Waals surface area contributed by atoms with Gasteiger partial charge < -0.3 is 5.11 Å². The number of hydrogen-bond donors (Lipinski definition) is 1. The van der Waals surface area contributed by atoms with Crippen molar-refractivity contribution in [3.8, 4) is 0 Å². The maximum atomic E-state index is 9.06. The van der Waals surface area contributed by atoms with E-state index in [0.29, 0.717) is 0 Å². The summed E-state index contributed by atoms with van der Waals surface area (Å²) in [7, 11) is 0. The molecule has 0 fully saturated rings. The summed E-state index contributed by atoms with van der Waals surface area (Å²) in [5, 5.41) is 9.06. The zero-order valence-corrected chi connectivity index (χ0v) is 4.91. The van der Waals surface area contributed by atoms with Gasteiger partial charge in [0.15, 0.2) is 0 Å². The summed E-state index contributed by atoms with van der Waals surface area (Å²) in [4.78, 5) is 3.89. The number of nitrogens with zero attached hydrogens (tertiary/aromatic N) is 1. The number of hydrogen-bond acceptors (Lipinski definition) is 2. The van der Waals surface area contributed by atoms with Crippen LogP contribution in [-0.2, 0) is 6.42 Å². The van der Waals surface area contributed by atoms with Crippen LogP contribution in [0.2, 0.25) is 0 Å². The Morgan fingerprint density at radius 1 is 1.67 bits per heavy atom. The molecule has 0 saturated heterocycles. The topological polar surface area (TPSA) is 33.1 Å². The second-order valence-electron chi connectivity index (χ2n) is 2.29. The van der Waals surface area contributed by atoms with E-state index in [1.807, 2.05) is 6.07 Å². The predicted molar refractivity (Wildman–Crippen MR) is 32.9 cm³/mol. The Morgan fingerprint density at radius 2 is 2.56 bits per heavy atom. The van der Waals surface area contributed by atoms with E-state index >= 15 is 0 Å². The summed E-state index contributed by atoms with van der Waals surface area (Å²) >= 11 is 0. The molecule has 1 N–H and O–H groups in total. The molecule has 9 heavy (non-hydrogen) atoms. The van der Waals surface area contributed by atoms with Crippen LogP contribution in [0, 0.1) is 0 Å². The molecule has 2 heteroatoms. The van der Waals surface area contributed by atoms with Gasteiger partial charge in [0, 0.05) is 24.4 Å². The minimum absolute atomic E-state index is 0.242. The van der Waals surface area contributed by atoms with Gasteiger partial charge in [0.05, 0.1) is 6.10 Å². The fourth-order valence-electron chi connectivity index (χ4n) is 1.11. The second kappa shape index (κ2) is 1.54. The van der Waals surface area contributed by atoms with Crippen molar-refractivity contribution in [3.63, 3.8) is 0 Å². The van der Waals surface area contributed by atoms with Crippen LogP contribution in [-0.4, -0.2) is 10.1 Å². The van der Waals surface area contributed by atoms with Crippen LogP contribution in [0.25, 0.3) is 0 Å². The van der Waals surface area contributed by atoms with Crippen LogP contribution in [0.5, 0.6) is 0 Å². The van der Waals surface area contributed by atoms with Gasteiger partial charge in [-0.3, -0.25) is 4.98 Å². The molecule has 0 radical (unpaired) electrons. The first-order chi connectivity index (χ1) is 4.38. The molecule has 0 saturated carbocycles. The second-order valence-corrected chi connectivity index (χ2v) is 2.29. The Bertz CT molecular complexity index is 234. The Balaban J connectivity index is 2.51. The number of rotatable bonds is 0. The highest BCUT2D eigenvalue weighted by Crippen LogP contribution is 2.30. The molecule has 0 spiro atoms. The highest BCUT2D eigenvalue weighted by Gasteiger charge is 2.22. The maximum Gasteiger partial charge on any atom is 0.0848 e. The van der Waals surface area contributed by atoms with Crippen LogP contribution < -0.4 is 0 Å². The number of pyridine rings is 1. The van der Waals surface area contributed by atoms with Gasteiger partial charge in [-0.2, -0.15) is 0 Å². The minimum atomic E-state index is -0.242. The molecule has 0 aliphatic heterocycles. The van der Waals surface area contributed by atoms with Gasteiger partial charge >= 0.3 is 0 Å². The van der Waals surface area contributed by atoms with Gasteiger partial charge in [-0.1, -0.05) is 0 Å². The molecule has 1 aromatic heterocycles. The first-order valence-electron chi connectivity index (χ1n) is 2.99. The minimum Gasteiger partial charge on any atom is -0.388 e. The quantitative estimate of drug-likeness (QED) is 0.547. The molecular weight excluding hydrogens is 114 g/mol. The fraction of sp³-hybridized carbons (Fsp3) is 0.286. The van der Waals surface area contributed by atoms with Gasteiger partial charge in [0.1, 0.15) is 0 Å². The number of aromatic nitrogens is 1. The van der Waals surface area contributed by atoms with Crippen molar-refractivity contribution in [2.75, 3.05) is 0 Å². The third-order valence-corrected chi connectivity index (χ3v) is 1.72. The molecule has 46 valence electrons. The lowest BCUT2D eigenvalue weighted by atomic mass is 9.88. The first kappa shape index (κ1) is 4.94. The summed E-state index contributed by atoms with van der Waals surface area (Å²) in [6.45, 7) is 0. The van der Waals surface area contributed by atoms with Crippen LogP contribution in [0.15, 0.2) is 18.5 Å². The van der Waals surface area contributed by atoms with E-state index in [-0.39, 0.29) is 6.10 Å². The smallest absolute Gasteiger partial charge is 0.0848 e. The lowest BCUT2D eigenvalue weighted by molar-refractivity contribution is 0.153. The monoisotopic (exact) mass is 121 g/mol. The van der Waals surface area contributed by atoms with Crippen LogP contribution in [0.3, 0.4) is 0 Å². The van der Waals surface area contributed by atoms with Gasteiger partial charge in [0.2, 0.25) is 0 Å². The Kier molecular flexibility index (Phi) is 0.848. The summed E-state index contributed by atoms with van der Waals surface area (Å²) in [6, 6.07) is 1.95. The normalized spacial score (nSPS) is 22.6. The summed E-state index contributed by atoms with van der Waals surface area (Å²) in [5.41, 5.74) is 2.23. The summed E-state index contributed by atoms with van der Waals surface area (Å²) in [6.07, 6.45) is 4.04. The molecule has 2 nitrogen and oxygen atoms in total. The van der Waals surface area contributed by atoms with E-state index in [1.165, 1.54) is 5.56 Å². The standard InChI is InChI=1S/C7H7NO/c9-7-3-5-1-2-8-4-6(5)7/h1-2,4,7,9H,3H2. The van der Waals surface area contributed by atoms with Crippen LogP contribution >= 0.6 is 0 Å². The lowest BCUT2D eigenvalue weighted by Crippen LogP contribution is -2.15. The highest BCUT2D eigenvalue weighted by molar-refractivity contribution is 5.34. The summed E-state index contributed by atoms with van der Waals surface area (Å²) in [5.74, 6) is 0. The average molecular weight is 121 g/mol. The Hall–Kier alpha value is -0.890. The number of fused-ring (bicyclic) bond motifs is 1. The molecule has 2 rings (SSSR count). The zero-order chi connectivity index (χ0) is 6.27. The maximum absolute atomic E-state index is 9.06. The van der Waals surface area contributed by atoms with E-state index in [1.54, 1.807) is 12.4 Å². The van der Waals surface area contributed by atoms with Gasteiger partial charge in [-0.25, -0.2) is 0 Å². The van der Waals surface area contributed by atoms with E-state index in [0.717, 1.165) is 12.0 Å². The van der Waals surface area contributed by atoms with E-state index < -0.39 is 0 Å². The van der Waals surface area contributed by atoms with Gasteiger partial charge in [-0.15, -0.1) is 0 Å². The Morgan fingerprint density at radius 3 is 3.11 bits per heavy atom. The fourth-order valence-corrected chi connectivity index (χ4v) is 1.11. The molecule has 0 aromatic carbocycles. The molecule has 1 heterocycles. The van der Waals surface area contributed by atoms with Crippen molar-refractivity contribution in [2.45, 2.75) is 12.5 Å². The van der Waals surface area contributed by atoms with Crippen molar-refractivity contribution in [1.29, 1.82) is 0 Å². The number of aliphatic hydroxyl groups is 1. The largest absolute Gasteiger partial charge is 0.388 e. The Labute approximate surface area is 53.2 Å². The van der Waals surface area contributed by atoms with E-state index in [2.05, 4.69) is 4.98 Å². The molecular formula is C7H7NO. The zero-order valence-electron chi connectivity index (χ0n) is 4.91. The first-order valence-corrected chi connectivity index (χ1v) is 2.99. The SMILES string of the molecule is OC1Cc2ccncc21. The molecule has 1 unspecified atom stereocenters. The average Bonchev–Trinajstić information content (AvgIpc) is 1.86.